The van der Waals surface area contributed by atoms with Crippen molar-refractivity contribution in [2.45, 2.75) is 26.1 Å². The molecule has 0 spiro atoms. The molecule has 0 saturated carbocycles. The molecule has 0 bridgehead atoms. The number of aromatic amines is 1. The highest BCUT2D eigenvalue weighted by Gasteiger charge is 2.26. The van der Waals surface area contributed by atoms with Crippen molar-refractivity contribution >= 4 is 0 Å². The molecule has 1 aromatic carbocycles. The minimum atomic E-state index is -0.492. The van der Waals surface area contributed by atoms with E-state index in [1.54, 1.807) is 0 Å². The SMILES string of the molecule is Cc1nc([C@@H]2CN(C[C@@H](O)c3ccccc3C)CCO2)n[nH]1. The van der Waals surface area contributed by atoms with Crippen molar-refractivity contribution in [3.63, 3.8) is 0 Å². The monoisotopic (exact) mass is 302 g/mol. The van der Waals surface area contributed by atoms with Gasteiger partial charge in [0.05, 0.1) is 12.7 Å². The van der Waals surface area contributed by atoms with E-state index in [4.69, 9.17) is 4.74 Å². The molecule has 6 nitrogen and oxygen atoms in total. The van der Waals surface area contributed by atoms with Crippen LogP contribution in [0.15, 0.2) is 24.3 Å². The molecule has 3 rings (SSSR count). The van der Waals surface area contributed by atoms with Crippen LogP contribution in [0.5, 0.6) is 0 Å². The van der Waals surface area contributed by atoms with E-state index >= 15 is 0 Å². The standard InChI is InChI=1S/C16H22N4O2/c1-11-5-3-4-6-13(11)14(21)9-20-7-8-22-15(10-20)16-17-12(2)18-19-16/h3-6,14-15,21H,7-10H2,1-2H3,(H,17,18,19)/t14-,15+/m1/s1. The number of aliphatic hydroxyl groups is 1. The van der Waals surface area contributed by atoms with Crippen molar-refractivity contribution < 1.29 is 9.84 Å². The average Bonchev–Trinajstić information content (AvgIpc) is 2.94. The number of hydrogen-bond donors (Lipinski definition) is 2. The van der Waals surface area contributed by atoms with Gasteiger partial charge in [-0.1, -0.05) is 24.3 Å². The van der Waals surface area contributed by atoms with Gasteiger partial charge in [-0.25, -0.2) is 4.98 Å². The number of aromatic nitrogens is 3. The van der Waals surface area contributed by atoms with Crippen molar-refractivity contribution in [3.8, 4) is 0 Å². The molecule has 1 aliphatic rings. The van der Waals surface area contributed by atoms with E-state index in [0.29, 0.717) is 25.5 Å². The molecule has 118 valence electrons. The molecule has 2 atom stereocenters. The molecule has 0 amide bonds. The van der Waals surface area contributed by atoms with Crippen LogP contribution in [0.2, 0.25) is 0 Å². The number of ether oxygens (including phenoxy) is 1. The van der Waals surface area contributed by atoms with Crippen LogP contribution in [0.25, 0.3) is 0 Å². The average molecular weight is 302 g/mol. The van der Waals surface area contributed by atoms with Crippen LogP contribution >= 0.6 is 0 Å². The summed E-state index contributed by atoms with van der Waals surface area (Å²) < 4.78 is 5.75. The summed E-state index contributed by atoms with van der Waals surface area (Å²) in [6.07, 6.45) is -0.628. The van der Waals surface area contributed by atoms with Gasteiger partial charge >= 0.3 is 0 Å². The highest BCUT2D eigenvalue weighted by molar-refractivity contribution is 5.27. The predicted octanol–water partition coefficient (Wildman–Crippen LogP) is 1.53. The summed E-state index contributed by atoms with van der Waals surface area (Å²) in [6, 6.07) is 7.96. The van der Waals surface area contributed by atoms with Crippen LogP contribution in [0.1, 0.15) is 35.0 Å². The molecule has 0 aliphatic carbocycles. The Morgan fingerprint density at radius 1 is 1.41 bits per heavy atom. The smallest absolute Gasteiger partial charge is 0.180 e. The van der Waals surface area contributed by atoms with Crippen molar-refractivity contribution in [2.24, 2.45) is 0 Å². The van der Waals surface area contributed by atoms with Gasteiger partial charge < -0.3 is 9.84 Å². The Bertz CT molecular complexity index is 628. The minimum absolute atomic E-state index is 0.136. The first-order valence-electron chi connectivity index (χ1n) is 7.60. The molecule has 2 heterocycles. The van der Waals surface area contributed by atoms with E-state index in [1.807, 2.05) is 38.1 Å². The lowest BCUT2D eigenvalue weighted by molar-refractivity contribution is -0.0461. The van der Waals surface area contributed by atoms with Crippen molar-refractivity contribution in [3.05, 3.63) is 47.0 Å². The molecule has 22 heavy (non-hydrogen) atoms. The molecule has 6 heteroatoms. The second kappa shape index (κ2) is 6.56. The molecule has 1 aromatic heterocycles. The highest BCUT2D eigenvalue weighted by Crippen LogP contribution is 2.23. The zero-order chi connectivity index (χ0) is 15.5. The van der Waals surface area contributed by atoms with Gasteiger partial charge in [0.15, 0.2) is 5.82 Å². The number of aliphatic hydroxyl groups excluding tert-OH is 1. The third kappa shape index (κ3) is 3.35. The van der Waals surface area contributed by atoms with Crippen LogP contribution in [0.4, 0.5) is 0 Å². The van der Waals surface area contributed by atoms with E-state index in [-0.39, 0.29) is 6.10 Å². The first kappa shape index (κ1) is 15.1. The number of hydrogen-bond acceptors (Lipinski definition) is 5. The molecule has 0 unspecified atom stereocenters. The molecule has 2 N–H and O–H groups in total. The Balaban J connectivity index is 1.64. The van der Waals surface area contributed by atoms with Crippen LogP contribution < -0.4 is 0 Å². The topological polar surface area (TPSA) is 74.3 Å². The van der Waals surface area contributed by atoms with Crippen LogP contribution in [0.3, 0.4) is 0 Å². The predicted molar refractivity (Wildman–Crippen MR) is 82.4 cm³/mol. The van der Waals surface area contributed by atoms with Gasteiger partial charge in [-0.3, -0.25) is 10.00 Å². The van der Waals surface area contributed by atoms with Crippen LogP contribution in [-0.2, 0) is 4.74 Å². The zero-order valence-corrected chi connectivity index (χ0v) is 13.0. The summed E-state index contributed by atoms with van der Waals surface area (Å²) in [4.78, 5) is 6.54. The summed E-state index contributed by atoms with van der Waals surface area (Å²) in [6.45, 7) is 6.62. The minimum Gasteiger partial charge on any atom is -0.387 e. The summed E-state index contributed by atoms with van der Waals surface area (Å²) in [5.41, 5.74) is 2.10. The first-order valence-corrected chi connectivity index (χ1v) is 7.60. The number of aryl methyl sites for hydroxylation is 2. The Morgan fingerprint density at radius 2 is 2.23 bits per heavy atom. The van der Waals surface area contributed by atoms with Crippen LogP contribution in [0, 0.1) is 13.8 Å². The Kier molecular flexibility index (Phi) is 4.52. The van der Waals surface area contributed by atoms with E-state index < -0.39 is 6.10 Å². The number of H-pyrrole nitrogens is 1. The lowest BCUT2D eigenvalue weighted by atomic mass is 10.0. The van der Waals surface area contributed by atoms with Crippen molar-refractivity contribution in [1.29, 1.82) is 0 Å². The third-order valence-electron chi connectivity index (χ3n) is 4.03. The fourth-order valence-corrected chi connectivity index (χ4v) is 2.83. The fourth-order valence-electron chi connectivity index (χ4n) is 2.83. The second-order valence-corrected chi connectivity index (χ2v) is 5.77. The molecule has 0 radical (unpaired) electrons. The molecule has 1 fully saturated rings. The summed E-state index contributed by atoms with van der Waals surface area (Å²) in [7, 11) is 0. The van der Waals surface area contributed by atoms with E-state index in [0.717, 1.165) is 23.5 Å². The first-order chi connectivity index (χ1) is 10.6. The quantitative estimate of drug-likeness (QED) is 0.896. The summed E-state index contributed by atoms with van der Waals surface area (Å²) in [5.74, 6) is 1.48. The van der Waals surface area contributed by atoms with Gasteiger partial charge in [-0.2, -0.15) is 5.10 Å². The zero-order valence-electron chi connectivity index (χ0n) is 13.0. The highest BCUT2D eigenvalue weighted by atomic mass is 16.5. The molecular weight excluding hydrogens is 280 g/mol. The maximum absolute atomic E-state index is 10.5. The van der Waals surface area contributed by atoms with Gasteiger partial charge in [0.25, 0.3) is 0 Å². The maximum Gasteiger partial charge on any atom is 0.180 e. The lowest BCUT2D eigenvalue weighted by Gasteiger charge is -2.33. The second-order valence-electron chi connectivity index (χ2n) is 5.77. The normalized spacial score (nSPS) is 21.0. The number of nitrogens with one attached hydrogen (secondary N) is 1. The number of morpholine rings is 1. The molecule has 2 aromatic rings. The molecular formula is C16H22N4O2. The number of benzene rings is 1. The van der Waals surface area contributed by atoms with Crippen molar-refractivity contribution in [1.82, 2.24) is 20.1 Å². The lowest BCUT2D eigenvalue weighted by Crippen LogP contribution is -2.41. The van der Waals surface area contributed by atoms with E-state index in [2.05, 4.69) is 20.1 Å². The van der Waals surface area contributed by atoms with Gasteiger partial charge in [0.1, 0.15) is 11.9 Å². The molecule has 1 saturated heterocycles. The summed E-state index contributed by atoms with van der Waals surface area (Å²) >= 11 is 0. The van der Waals surface area contributed by atoms with Gasteiger partial charge in [-0.05, 0) is 25.0 Å². The maximum atomic E-state index is 10.5. The number of nitrogens with zero attached hydrogens (tertiary/aromatic N) is 3. The third-order valence-corrected chi connectivity index (χ3v) is 4.03. The van der Waals surface area contributed by atoms with Gasteiger partial charge in [-0.15, -0.1) is 0 Å². The number of β-amino-alcohol motifs (C(OH)–C–C–N with tert-alkyl or cyclic N) is 1. The Labute approximate surface area is 130 Å². The van der Waals surface area contributed by atoms with Gasteiger partial charge in [0, 0.05) is 19.6 Å². The van der Waals surface area contributed by atoms with E-state index in [9.17, 15) is 5.11 Å². The van der Waals surface area contributed by atoms with Gasteiger partial charge in [0.2, 0.25) is 0 Å². The number of rotatable bonds is 4. The van der Waals surface area contributed by atoms with Crippen molar-refractivity contribution in [2.75, 3.05) is 26.2 Å². The van der Waals surface area contributed by atoms with E-state index in [1.165, 1.54) is 0 Å². The fraction of sp³-hybridized carbons (Fsp3) is 0.500. The largest absolute Gasteiger partial charge is 0.387 e. The Hall–Kier alpha value is -1.76. The van der Waals surface area contributed by atoms with Crippen LogP contribution in [-0.4, -0.2) is 51.4 Å². The Morgan fingerprint density at radius 3 is 2.95 bits per heavy atom. The summed E-state index contributed by atoms with van der Waals surface area (Å²) in [5, 5.41) is 17.5. The molecule has 1 aliphatic heterocycles.